The lowest BCUT2D eigenvalue weighted by Gasteiger charge is -2.19. The summed E-state index contributed by atoms with van der Waals surface area (Å²) in [5.74, 6) is 0. The summed E-state index contributed by atoms with van der Waals surface area (Å²) in [7, 11) is 0. The Kier molecular flexibility index (Phi) is 4.83. The Hall–Kier alpha value is -0.570. The predicted octanol–water partition coefficient (Wildman–Crippen LogP) is 2.06. The second kappa shape index (κ2) is 5.97. The Morgan fingerprint density at radius 2 is 2.15 bits per heavy atom. The lowest BCUT2D eigenvalue weighted by molar-refractivity contribution is -0.177. The average Bonchev–Trinajstić information content (AvgIpc) is 2.58. The molecule has 0 aromatic heterocycles. The minimum absolute atomic E-state index is 0.288. The van der Waals surface area contributed by atoms with E-state index in [9.17, 15) is 4.79 Å². The van der Waals surface area contributed by atoms with Gasteiger partial charge in [-0.2, -0.15) is 0 Å². The molecule has 1 radical (unpaired) electrons. The van der Waals surface area contributed by atoms with Crippen LogP contribution in [-0.2, 0) is 14.3 Å². The maximum absolute atomic E-state index is 10.1. The van der Waals surface area contributed by atoms with E-state index in [0.717, 1.165) is 19.3 Å². The number of hydrogen-bond acceptors (Lipinski definition) is 3. The Morgan fingerprint density at radius 3 is 2.69 bits per heavy atom. The van der Waals surface area contributed by atoms with E-state index in [1.54, 1.807) is 0 Å². The van der Waals surface area contributed by atoms with Gasteiger partial charge < -0.3 is 9.47 Å². The molecule has 1 atom stereocenters. The van der Waals surface area contributed by atoms with Crippen LogP contribution in [0.15, 0.2) is 0 Å². The second-order valence-corrected chi connectivity index (χ2v) is 3.35. The summed E-state index contributed by atoms with van der Waals surface area (Å²) in [6.45, 7) is 4.16. The molecular weight excluding hydrogens is 168 g/mol. The quantitative estimate of drug-likeness (QED) is 0.469. The number of ether oxygens (including phenoxy) is 2. The molecule has 0 amide bonds. The highest BCUT2D eigenvalue weighted by Gasteiger charge is 2.20. The lowest BCUT2D eigenvalue weighted by atomic mass is 10.3. The molecule has 3 heteroatoms. The van der Waals surface area contributed by atoms with Crippen LogP contribution in [0.4, 0.5) is 0 Å². The van der Waals surface area contributed by atoms with Gasteiger partial charge in [-0.15, -0.1) is 0 Å². The standard InChI is InChI=1S/C10H17O3/c1-2-5-10(12-8-11)13-9-6-3-4-7-9/h8-10H,1-7H2. The van der Waals surface area contributed by atoms with Crippen molar-refractivity contribution in [3.05, 3.63) is 6.92 Å². The van der Waals surface area contributed by atoms with Crippen LogP contribution >= 0.6 is 0 Å². The van der Waals surface area contributed by atoms with Crippen LogP contribution in [0.3, 0.4) is 0 Å². The second-order valence-electron chi connectivity index (χ2n) is 3.35. The summed E-state index contributed by atoms with van der Waals surface area (Å²) in [6.07, 6.45) is 5.97. The van der Waals surface area contributed by atoms with Crippen LogP contribution in [0.5, 0.6) is 0 Å². The van der Waals surface area contributed by atoms with E-state index < -0.39 is 0 Å². The molecule has 0 bridgehead atoms. The first-order chi connectivity index (χ1) is 6.36. The molecule has 0 N–H and O–H groups in total. The van der Waals surface area contributed by atoms with E-state index >= 15 is 0 Å². The van der Waals surface area contributed by atoms with Crippen LogP contribution in [0, 0.1) is 6.92 Å². The molecule has 0 spiro atoms. The molecule has 0 aliphatic heterocycles. The molecule has 3 nitrogen and oxygen atoms in total. The van der Waals surface area contributed by atoms with Gasteiger partial charge in [-0.05, 0) is 19.3 Å². The Morgan fingerprint density at radius 1 is 1.46 bits per heavy atom. The molecule has 1 fully saturated rings. The minimum Gasteiger partial charge on any atom is -0.438 e. The first-order valence-electron chi connectivity index (χ1n) is 4.90. The molecule has 1 aliphatic carbocycles. The van der Waals surface area contributed by atoms with Crippen molar-refractivity contribution in [2.24, 2.45) is 0 Å². The number of rotatable bonds is 6. The van der Waals surface area contributed by atoms with Gasteiger partial charge in [0, 0.05) is 6.42 Å². The van der Waals surface area contributed by atoms with Crippen LogP contribution in [0.2, 0.25) is 0 Å². The van der Waals surface area contributed by atoms with Crippen molar-refractivity contribution in [2.45, 2.75) is 50.9 Å². The fourth-order valence-electron chi connectivity index (χ4n) is 1.64. The molecule has 1 saturated carbocycles. The SMILES string of the molecule is [CH2]CCC(OC=O)OC1CCCC1. The fraction of sp³-hybridized carbons (Fsp3) is 0.800. The van der Waals surface area contributed by atoms with Gasteiger partial charge in [0.2, 0.25) is 6.29 Å². The monoisotopic (exact) mass is 185 g/mol. The molecular formula is C10H17O3. The van der Waals surface area contributed by atoms with Crippen molar-refractivity contribution in [3.8, 4) is 0 Å². The van der Waals surface area contributed by atoms with Gasteiger partial charge in [-0.3, -0.25) is 4.79 Å². The van der Waals surface area contributed by atoms with Gasteiger partial charge in [0.25, 0.3) is 6.47 Å². The molecule has 0 saturated heterocycles. The van der Waals surface area contributed by atoms with E-state index in [-0.39, 0.29) is 12.4 Å². The average molecular weight is 185 g/mol. The zero-order valence-electron chi connectivity index (χ0n) is 7.91. The molecule has 0 aromatic carbocycles. The highest BCUT2D eigenvalue weighted by Crippen LogP contribution is 2.23. The van der Waals surface area contributed by atoms with E-state index in [1.165, 1.54) is 12.8 Å². The zero-order valence-corrected chi connectivity index (χ0v) is 7.91. The van der Waals surface area contributed by atoms with Crippen molar-refractivity contribution in [3.63, 3.8) is 0 Å². The van der Waals surface area contributed by atoms with Gasteiger partial charge in [0.15, 0.2) is 0 Å². The lowest BCUT2D eigenvalue weighted by Crippen LogP contribution is -2.22. The minimum atomic E-state index is -0.377. The Labute approximate surface area is 79.4 Å². The Balaban J connectivity index is 2.22. The van der Waals surface area contributed by atoms with E-state index in [0.29, 0.717) is 12.9 Å². The molecule has 13 heavy (non-hydrogen) atoms. The predicted molar refractivity (Wildman–Crippen MR) is 48.9 cm³/mol. The van der Waals surface area contributed by atoms with Gasteiger partial charge in [0.05, 0.1) is 6.10 Å². The van der Waals surface area contributed by atoms with Gasteiger partial charge in [-0.25, -0.2) is 0 Å². The maximum Gasteiger partial charge on any atom is 0.295 e. The number of carbonyl (C=O) groups excluding carboxylic acids is 1. The highest BCUT2D eigenvalue weighted by atomic mass is 16.7. The topological polar surface area (TPSA) is 35.5 Å². The largest absolute Gasteiger partial charge is 0.438 e. The zero-order chi connectivity index (χ0) is 9.52. The maximum atomic E-state index is 10.1. The number of carbonyl (C=O) groups is 1. The Bertz CT molecular complexity index is 141. The van der Waals surface area contributed by atoms with Crippen molar-refractivity contribution in [1.29, 1.82) is 0 Å². The van der Waals surface area contributed by atoms with Crippen LogP contribution in [0.25, 0.3) is 0 Å². The summed E-state index contributed by atoms with van der Waals surface area (Å²) < 4.78 is 10.4. The summed E-state index contributed by atoms with van der Waals surface area (Å²) >= 11 is 0. The summed E-state index contributed by atoms with van der Waals surface area (Å²) in [5.41, 5.74) is 0. The summed E-state index contributed by atoms with van der Waals surface area (Å²) in [6, 6.07) is 0. The van der Waals surface area contributed by atoms with Crippen molar-refractivity contribution in [2.75, 3.05) is 0 Å². The third-order valence-electron chi connectivity index (χ3n) is 2.29. The first-order valence-corrected chi connectivity index (χ1v) is 4.90. The molecule has 75 valence electrons. The van der Waals surface area contributed by atoms with E-state index in [1.807, 2.05) is 0 Å². The molecule has 1 rings (SSSR count). The molecule has 1 unspecified atom stereocenters. The fourth-order valence-corrected chi connectivity index (χ4v) is 1.64. The van der Waals surface area contributed by atoms with Gasteiger partial charge >= 0.3 is 0 Å². The van der Waals surface area contributed by atoms with Gasteiger partial charge in [0.1, 0.15) is 0 Å². The molecule has 1 aliphatic rings. The third-order valence-corrected chi connectivity index (χ3v) is 2.29. The summed E-state index contributed by atoms with van der Waals surface area (Å²) in [5, 5.41) is 0. The van der Waals surface area contributed by atoms with E-state index in [4.69, 9.17) is 9.47 Å². The highest BCUT2D eigenvalue weighted by molar-refractivity contribution is 5.37. The van der Waals surface area contributed by atoms with Crippen molar-refractivity contribution in [1.82, 2.24) is 0 Å². The normalized spacial score (nSPS) is 20.1. The van der Waals surface area contributed by atoms with Crippen LogP contribution in [0.1, 0.15) is 38.5 Å². The van der Waals surface area contributed by atoms with Gasteiger partial charge in [-0.1, -0.05) is 19.8 Å². The summed E-state index contributed by atoms with van der Waals surface area (Å²) in [4.78, 5) is 10.1. The van der Waals surface area contributed by atoms with Crippen LogP contribution < -0.4 is 0 Å². The molecule has 0 aromatic rings. The smallest absolute Gasteiger partial charge is 0.295 e. The first kappa shape index (κ1) is 10.5. The van der Waals surface area contributed by atoms with E-state index in [2.05, 4.69) is 6.92 Å². The van der Waals surface area contributed by atoms with Crippen LogP contribution in [-0.4, -0.2) is 18.9 Å². The third kappa shape index (κ3) is 3.77. The molecule has 0 heterocycles. The van der Waals surface area contributed by atoms with Crippen molar-refractivity contribution >= 4 is 6.47 Å². The van der Waals surface area contributed by atoms with Crippen molar-refractivity contribution < 1.29 is 14.3 Å². The number of hydrogen-bond donors (Lipinski definition) is 0.